The van der Waals surface area contributed by atoms with Gasteiger partial charge in [0.15, 0.2) is 0 Å². The van der Waals surface area contributed by atoms with Crippen molar-refractivity contribution < 1.29 is 9.59 Å². The van der Waals surface area contributed by atoms with E-state index in [2.05, 4.69) is 21.2 Å². The van der Waals surface area contributed by atoms with E-state index < -0.39 is 0 Å². The number of carbonyl (C=O) groups excluding carboxylic acids is 2. The number of nitrogens with one attached hydrogen (secondary N) is 1. The van der Waals surface area contributed by atoms with Crippen LogP contribution in [0.25, 0.3) is 6.08 Å². The molecule has 1 aliphatic rings. The van der Waals surface area contributed by atoms with Gasteiger partial charge in [0.05, 0.1) is 12.5 Å². The van der Waals surface area contributed by atoms with Crippen molar-refractivity contribution in [2.45, 2.75) is 19.4 Å². The number of nitrogens with zero attached hydrogens (tertiary/aromatic N) is 1. The third-order valence-corrected chi connectivity index (χ3v) is 4.45. The zero-order chi connectivity index (χ0) is 17.1. The molecule has 0 saturated heterocycles. The highest BCUT2D eigenvalue weighted by Gasteiger charge is 2.28. The normalized spacial score (nSPS) is 15.8. The summed E-state index contributed by atoms with van der Waals surface area (Å²) in [4.78, 5) is 26.0. The van der Waals surface area contributed by atoms with Gasteiger partial charge < -0.3 is 10.2 Å². The smallest absolute Gasteiger partial charge is 0.226 e. The standard InChI is InChI=1S/C19H17BrN2O2/c1-13(23)22-10-9-14-5-2-3-8-17(14)18(22)12-19(24)21-16-7-4-6-15(20)11-16/h2-11,18H,12H2,1H3,(H,21,24)/t18-/m0/s1. The Kier molecular flexibility index (Phi) is 4.81. The molecule has 1 aliphatic heterocycles. The third kappa shape index (κ3) is 3.57. The van der Waals surface area contributed by atoms with E-state index in [0.29, 0.717) is 0 Å². The van der Waals surface area contributed by atoms with Crippen LogP contribution in [0, 0.1) is 0 Å². The van der Waals surface area contributed by atoms with Gasteiger partial charge in [-0.2, -0.15) is 0 Å². The van der Waals surface area contributed by atoms with E-state index in [1.807, 2.05) is 54.6 Å². The fraction of sp³-hybridized carbons (Fsp3) is 0.158. The van der Waals surface area contributed by atoms with E-state index in [1.54, 1.807) is 11.1 Å². The van der Waals surface area contributed by atoms with Gasteiger partial charge in [-0.05, 0) is 35.4 Å². The maximum absolute atomic E-state index is 12.5. The Morgan fingerprint density at radius 2 is 1.96 bits per heavy atom. The minimum atomic E-state index is -0.296. The second-order valence-corrected chi connectivity index (χ2v) is 6.57. The molecule has 0 unspecified atom stereocenters. The van der Waals surface area contributed by atoms with Crippen LogP contribution in [0.1, 0.15) is 30.5 Å². The fourth-order valence-corrected chi connectivity index (χ4v) is 3.27. The summed E-state index contributed by atoms with van der Waals surface area (Å²) in [7, 11) is 0. The van der Waals surface area contributed by atoms with E-state index in [0.717, 1.165) is 21.3 Å². The van der Waals surface area contributed by atoms with Crippen LogP contribution in [0.4, 0.5) is 5.69 Å². The number of carbonyl (C=O) groups is 2. The lowest BCUT2D eigenvalue weighted by molar-refractivity contribution is -0.129. The Bertz CT molecular complexity index is 817. The molecule has 24 heavy (non-hydrogen) atoms. The van der Waals surface area contributed by atoms with Gasteiger partial charge in [-0.25, -0.2) is 0 Å². The van der Waals surface area contributed by atoms with Crippen LogP contribution in [-0.4, -0.2) is 16.7 Å². The van der Waals surface area contributed by atoms with Gasteiger partial charge in [-0.3, -0.25) is 9.59 Å². The van der Waals surface area contributed by atoms with Crippen LogP contribution in [0.3, 0.4) is 0 Å². The summed E-state index contributed by atoms with van der Waals surface area (Å²) < 4.78 is 0.900. The molecule has 0 fully saturated rings. The first-order valence-corrected chi connectivity index (χ1v) is 8.45. The quantitative estimate of drug-likeness (QED) is 0.854. The van der Waals surface area contributed by atoms with Gasteiger partial charge in [-0.15, -0.1) is 0 Å². The summed E-state index contributed by atoms with van der Waals surface area (Å²) in [5, 5.41) is 2.89. The van der Waals surface area contributed by atoms with Crippen LogP contribution in [-0.2, 0) is 9.59 Å². The first kappa shape index (κ1) is 16.5. The Balaban J connectivity index is 1.82. The molecule has 1 heterocycles. The third-order valence-electron chi connectivity index (χ3n) is 3.96. The van der Waals surface area contributed by atoms with Crippen LogP contribution < -0.4 is 5.32 Å². The molecular weight excluding hydrogens is 368 g/mol. The van der Waals surface area contributed by atoms with Crippen molar-refractivity contribution in [3.63, 3.8) is 0 Å². The minimum absolute atomic E-state index is 0.0824. The minimum Gasteiger partial charge on any atom is -0.326 e. The second kappa shape index (κ2) is 7.01. The number of anilines is 1. The van der Waals surface area contributed by atoms with Gasteiger partial charge in [0.1, 0.15) is 0 Å². The molecule has 2 amide bonds. The number of fused-ring (bicyclic) bond motifs is 1. The van der Waals surface area contributed by atoms with Gasteiger partial charge in [0.2, 0.25) is 11.8 Å². The first-order chi connectivity index (χ1) is 11.5. The van der Waals surface area contributed by atoms with Gasteiger partial charge in [-0.1, -0.05) is 46.3 Å². The van der Waals surface area contributed by atoms with Crippen LogP contribution in [0.15, 0.2) is 59.2 Å². The lowest BCUT2D eigenvalue weighted by Gasteiger charge is -2.32. The van der Waals surface area contributed by atoms with Crippen molar-refractivity contribution in [2.24, 2.45) is 0 Å². The van der Waals surface area contributed by atoms with E-state index in [9.17, 15) is 9.59 Å². The molecule has 1 atom stereocenters. The van der Waals surface area contributed by atoms with Crippen molar-refractivity contribution in [3.05, 3.63) is 70.3 Å². The maximum Gasteiger partial charge on any atom is 0.226 e. The van der Waals surface area contributed by atoms with Crippen molar-refractivity contribution in [3.8, 4) is 0 Å². The van der Waals surface area contributed by atoms with Crippen LogP contribution in [0.2, 0.25) is 0 Å². The molecule has 0 spiro atoms. The summed E-state index contributed by atoms with van der Waals surface area (Å²) in [5.41, 5.74) is 2.75. The summed E-state index contributed by atoms with van der Waals surface area (Å²) in [6.45, 7) is 1.51. The second-order valence-electron chi connectivity index (χ2n) is 5.65. The molecule has 0 radical (unpaired) electrons. The first-order valence-electron chi connectivity index (χ1n) is 7.66. The van der Waals surface area contributed by atoms with E-state index >= 15 is 0 Å². The molecule has 1 N–H and O–H groups in total. The van der Waals surface area contributed by atoms with Gasteiger partial charge in [0, 0.05) is 23.3 Å². The number of rotatable bonds is 3. The Morgan fingerprint density at radius 3 is 2.71 bits per heavy atom. The monoisotopic (exact) mass is 384 g/mol. The molecule has 0 saturated carbocycles. The largest absolute Gasteiger partial charge is 0.326 e. The fourth-order valence-electron chi connectivity index (χ4n) is 2.87. The number of hydrogen-bond donors (Lipinski definition) is 1. The maximum atomic E-state index is 12.5. The highest BCUT2D eigenvalue weighted by Crippen LogP contribution is 2.33. The molecule has 4 nitrogen and oxygen atoms in total. The highest BCUT2D eigenvalue weighted by molar-refractivity contribution is 9.10. The molecule has 0 bridgehead atoms. The zero-order valence-electron chi connectivity index (χ0n) is 13.2. The Morgan fingerprint density at radius 1 is 1.17 bits per heavy atom. The van der Waals surface area contributed by atoms with Crippen molar-refractivity contribution in [1.82, 2.24) is 4.90 Å². The molecule has 122 valence electrons. The molecule has 0 aromatic heterocycles. The lowest BCUT2D eigenvalue weighted by Crippen LogP contribution is -2.33. The number of benzene rings is 2. The Hall–Kier alpha value is -2.40. The Labute approximate surface area is 149 Å². The molecular formula is C19H17BrN2O2. The topological polar surface area (TPSA) is 49.4 Å². The SMILES string of the molecule is CC(=O)N1C=Cc2ccccc2[C@@H]1CC(=O)Nc1cccc(Br)c1. The predicted octanol–water partition coefficient (Wildman–Crippen LogP) is 4.35. The molecule has 2 aromatic carbocycles. The van der Waals surface area contributed by atoms with E-state index in [4.69, 9.17) is 0 Å². The van der Waals surface area contributed by atoms with Crippen LogP contribution >= 0.6 is 15.9 Å². The van der Waals surface area contributed by atoms with Crippen molar-refractivity contribution in [1.29, 1.82) is 0 Å². The molecule has 2 aromatic rings. The summed E-state index contributed by atoms with van der Waals surface area (Å²) in [6, 6.07) is 15.0. The summed E-state index contributed by atoms with van der Waals surface area (Å²) in [5.74, 6) is -0.213. The molecule has 0 aliphatic carbocycles. The molecule has 5 heteroatoms. The summed E-state index contributed by atoms with van der Waals surface area (Å²) in [6.07, 6.45) is 3.86. The van der Waals surface area contributed by atoms with Crippen molar-refractivity contribution in [2.75, 3.05) is 5.32 Å². The van der Waals surface area contributed by atoms with Gasteiger partial charge >= 0.3 is 0 Å². The van der Waals surface area contributed by atoms with Crippen LogP contribution in [0.5, 0.6) is 0 Å². The van der Waals surface area contributed by atoms with Gasteiger partial charge in [0.25, 0.3) is 0 Å². The average Bonchev–Trinajstić information content (AvgIpc) is 2.54. The van der Waals surface area contributed by atoms with E-state index in [1.165, 1.54) is 6.92 Å². The van der Waals surface area contributed by atoms with Crippen molar-refractivity contribution >= 4 is 39.5 Å². The number of amides is 2. The number of halogens is 1. The highest BCUT2D eigenvalue weighted by atomic mass is 79.9. The number of hydrogen-bond acceptors (Lipinski definition) is 2. The molecule has 3 rings (SSSR count). The van der Waals surface area contributed by atoms with E-state index in [-0.39, 0.29) is 24.3 Å². The predicted molar refractivity (Wildman–Crippen MR) is 98.1 cm³/mol. The average molecular weight is 385 g/mol. The summed E-state index contributed by atoms with van der Waals surface area (Å²) >= 11 is 3.39. The lowest BCUT2D eigenvalue weighted by atomic mass is 9.93. The zero-order valence-corrected chi connectivity index (χ0v) is 14.8.